The van der Waals surface area contributed by atoms with Crippen LogP contribution in [0.2, 0.25) is 0 Å². The summed E-state index contributed by atoms with van der Waals surface area (Å²) in [7, 11) is 2.45. The Kier molecular flexibility index (Phi) is 21.0. The normalized spacial score (nSPS) is 13.4. The largest absolute Gasteiger partial charge is 0.481 e. The van der Waals surface area contributed by atoms with Gasteiger partial charge in [0.1, 0.15) is 24.2 Å². The van der Waals surface area contributed by atoms with Crippen LogP contribution >= 0.6 is 0 Å². The number of rotatable bonds is 25. The Morgan fingerprint density at radius 2 is 1.58 bits per heavy atom. The number of hydrogen-bond acceptors (Lipinski definition) is 8. The molecule has 0 radical (unpaired) electrons. The van der Waals surface area contributed by atoms with Gasteiger partial charge in [0.25, 0.3) is 0 Å². The average Bonchev–Trinajstić information content (AvgIpc) is 3.07. The zero-order chi connectivity index (χ0) is 35.8. The van der Waals surface area contributed by atoms with Gasteiger partial charge in [-0.05, 0) is 50.3 Å². The Hall–Kier alpha value is -4.17. The lowest BCUT2D eigenvalue weighted by atomic mass is 9.82. The smallest absolute Gasteiger partial charge is 0.337 e. The van der Waals surface area contributed by atoms with Crippen molar-refractivity contribution >= 4 is 29.5 Å². The van der Waals surface area contributed by atoms with Crippen LogP contribution in [-0.4, -0.2) is 72.2 Å². The summed E-state index contributed by atoms with van der Waals surface area (Å²) < 4.78 is 10.4. The molecule has 0 unspecified atom stereocenters. The van der Waals surface area contributed by atoms with Crippen LogP contribution in [-0.2, 0) is 35.1 Å². The van der Waals surface area contributed by atoms with Gasteiger partial charge in [0.2, 0.25) is 11.8 Å². The molecule has 1 aromatic carbocycles. The predicted octanol–water partition coefficient (Wildman–Crippen LogP) is 4.68. The molecule has 266 valence electrons. The van der Waals surface area contributed by atoms with Gasteiger partial charge < -0.3 is 30.3 Å². The van der Waals surface area contributed by atoms with Crippen molar-refractivity contribution in [1.82, 2.24) is 10.6 Å². The molecule has 0 bridgehead atoms. The number of esters is 1. The Morgan fingerprint density at radius 1 is 0.958 bits per heavy atom. The Morgan fingerprint density at radius 3 is 2.15 bits per heavy atom. The van der Waals surface area contributed by atoms with Gasteiger partial charge in [-0.25, -0.2) is 9.59 Å². The summed E-state index contributed by atoms with van der Waals surface area (Å²) in [6.07, 6.45) is 12.4. The highest BCUT2D eigenvalue weighted by Gasteiger charge is 2.49. The second kappa shape index (κ2) is 24.0. The number of aliphatic carboxylic acids is 1. The first kappa shape index (κ1) is 41.9. The van der Waals surface area contributed by atoms with Crippen molar-refractivity contribution < 1.29 is 43.7 Å². The van der Waals surface area contributed by atoms with Crippen molar-refractivity contribution in [2.24, 2.45) is 5.92 Å². The summed E-state index contributed by atoms with van der Waals surface area (Å²) in [5, 5.41) is 26.0. The minimum Gasteiger partial charge on any atom is -0.481 e. The number of nitrogens with one attached hydrogen (secondary N) is 2. The summed E-state index contributed by atoms with van der Waals surface area (Å²) in [5.74, 6) is 0.404. The highest BCUT2D eigenvalue weighted by Crippen LogP contribution is 2.26. The molecule has 11 nitrogen and oxygen atoms in total. The van der Waals surface area contributed by atoms with Gasteiger partial charge in [-0.3, -0.25) is 14.4 Å². The summed E-state index contributed by atoms with van der Waals surface area (Å²) in [4.78, 5) is 62.9. The number of carboxylic acids is 1. The molecule has 0 aliphatic heterocycles. The SMILES string of the molecule is CC#CCOc1ccc(C[C@H](NC(=O)[C@@H](/C=C/CCCCCCC(=O)CCCCCCC)[C@@](O)(CC(=O)NC)C(=O)O)C(=O)OC)cc1. The highest BCUT2D eigenvalue weighted by molar-refractivity contribution is 5.95. The van der Waals surface area contributed by atoms with Gasteiger partial charge in [0.15, 0.2) is 5.60 Å². The third kappa shape index (κ3) is 16.1. The van der Waals surface area contributed by atoms with Crippen LogP contribution in [0.15, 0.2) is 36.4 Å². The molecule has 0 spiro atoms. The van der Waals surface area contributed by atoms with Crippen molar-refractivity contribution in [2.75, 3.05) is 20.8 Å². The molecule has 0 aliphatic carbocycles. The number of aliphatic hydroxyl groups is 1. The van der Waals surface area contributed by atoms with E-state index in [4.69, 9.17) is 9.47 Å². The minimum atomic E-state index is -2.79. The Bertz CT molecular complexity index is 1250. The van der Waals surface area contributed by atoms with E-state index in [0.29, 0.717) is 42.8 Å². The first-order valence-corrected chi connectivity index (χ1v) is 16.9. The van der Waals surface area contributed by atoms with Crippen molar-refractivity contribution in [3.05, 3.63) is 42.0 Å². The lowest BCUT2D eigenvalue weighted by Gasteiger charge is -2.30. The summed E-state index contributed by atoms with van der Waals surface area (Å²) >= 11 is 0. The number of amides is 2. The minimum absolute atomic E-state index is 0.00615. The lowest BCUT2D eigenvalue weighted by molar-refractivity contribution is -0.169. The molecule has 0 aromatic heterocycles. The molecule has 0 aliphatic rings. The summed E-state index contributed by atoms with van der Waals surface area (Å²) in [6.45, 7) is 4.08. The van der Waals surface area contributed by atoms with Gasteiger partial charge in [-0.2, -0.15) is 0 Å². The molecule has 11 heteroatoms. The van der Waals surface area contributed by atoms with Crippen LogP contribution in [0.25, 0.3) is 0 Å². The fourth-order valence-electron chi connectivity index (χ4n) is 5.08. The molecule has 3 atom stereocenters. The molecular weight excluding hydrogens is 616 g/mol. The van der Waals surface area contributed by atoms with Crippen molar-refractivity contribution in [2.45, 2.75) is 115 Å². The molecule has 1 aromatic rings. The number of ketones is 1. The van der Waals surface area contributed by atoms with Gasteiger partial charge in [0, 0.05) is 26.3 Å². The number of hydrogen-bond donors (Lipinski definition) is 4. The monoisotopic (exact) mass is 670 g/mol. The Balaban J connectivity index is 2.93. The van der Waals surface area contributed by atoms with E-state index in [1.54, 1.807) is 37.3 Å². The quantitative estimate of drug-likeness (QED) is 0.0500. The van der Waals surface area contributed by atoms with Crippen molar-refractivity contribution in [1.29, 1.82) is 0 Å². The first-order chi connectivity index (χ1) is 23.0. The molecule has 0 saturated carbocycles. The first-order valence-electron chi connectivity index (χ1n) is 16.9. The standard InChI is InChI=1S/C37H54N2O9/c1-5-7-9-12-15-18-29(40)19-16-13-10-11-14-17-20-31(37(46,36(44)45)27-33(41)38-3)34(42)39-32(35(43)47-4)26-28-21-23-30(24-22-28)48-25-8-6-2/h17,20-24,31-32,46H,5,7,9-16,18-19,25-27H2,1-4H3,(H,38,41)(H,39,42)(H,44,45)/b20-17+/t31-,32+,37+/m1/s1. The summed E-state index contributed by atoms with van der Waals surface area (Å²) in [6, 6.07) is 5.58. The van der Waals surface area contributed by atoms with Crippen LogP contribution < -0.4 is 15.4 Å². The third-order valence-corrected chi connectivity index (χ3v) is 7.99. The average molecular weight is 671 g/mol. The van der Waals surface area contributed by atoms with Gasteiger partial charge in [-0.15, -0.1) is 5.92 Å². The van der Waals surface area contributed by atoms with E-state index in [1.807, 2.05) is 0 Å². The fraction of sp³-hybridized carbons (Fsp3) is 0.595. The molecule has 4 N–H and O–H groups in total. The number of carboxylic acid groups (broad SMARTS) is 1. The fourth-order valence-corrected chi connectivity index (χ4v) is 5.08. The molecule has 0 heterocycles. The number of allylic oxidation sites excluding steroid dienone is 1. The zero-order valence-electron chi connectivity index (χ0n) is 29.0. The number of methoxy groups -OCH3 is 1. The molecule has 0 saturated heterocycles. The van der Waals surface area contributed by atoms with Crippen LogP contribution in [0.3, 0.4) is 0 Å². The number of ether oxygens (including phenoxy) is 2. The molecule has 2 amide bonds. The van der Waals surface area contributed by atoms with Crippen molar-refractivity contribution in [3.63, 3.8) is 0 Å². The van der Waals surface area contributed by atoms with Gasteiger partial charge in [-0.1, -0.05) is 75.7 Å². The third-order valence-electron chi connectivity index (χ3n) is 7.99. The van der Waals surface area contributed by atoms with Gasteiger partial charge >= 0.3 is 11.9 Å². The van der Waals surface area contributed by atoms with Crippen LogP contribution in [0.1, 0.15) is 103 Å². The van der Waals surface area contributed by atoms with E-state index < -0.39 is 47.7 Å². The second-order valence-corrected chi connectivity index (χ2v) is 11.8. The molecular formula is C37H54N2O9. The summed E-state index contributed by atoms with van der Waals surface area (Å²) in [5.41, 5.74) is -2.14. The van der Waals surface area contributed by atoms with E-state index in [2.05, 4.69) is 29.4 Å². The number of Topliss-reactive ketones (excluding diaryl/α,β-unsaturated/α-hetero) is 1. The van der Waals surface area contributed by atoms with E-state index in [9.17, 15) is 34.2 Å². The number of benzene rings is 1. The topological polar surface area (TPSA) is 168 Å². The number of carbonyl (C=O) groups excluding carboxylic acids is 4. The van der Waals surface area contributed by atoms with Crippen molar-refractivity contribution in [3.8, 4) is 17.6 Å². The van der Waals surface area contributed by atoms with Gasteiger partial charge in [0.05, 0.1) is 19.4 Å². The van der Waals surface area contributed by atoms with E-state index in [1.165, 1.54) is 32.4 Å². The number of carbonyl (C=O) groups is 5. The molecule has 1 rings (SSSR count). The molecule has 48 heavy (non-hydrogen) atoms. The van der Waals surface area contributed by atoms with Crippen LogP contribution in [0.5, 0.6) is 5.75 Å². The zero-order valence-corrected chi connectivity index (χ0v) is 29.0. The maximum atomic E-state index is 13.6. The Labute approximate surface area is 285 Å². The van der Waals surface area contributed by atoms with E-state index in [-0.39, 0.29) is 13.0 Å². The van der Waals surface area contributed by atoms with E-state index >= 15 is 0 Å². The van der Waals surface area contributed by atoms with Crippen LogP contribution in [0, 0.1) is 17.8 Å². The van der Waals surface area contributed by atoms with E-state index in [0.717, 1.165) is 39.2 Å². The second-order valence-electron chi connectivity index (χ2n) is 11.8. The predicted molar refractivity (Wildman–Crippen MR) is 183 cm³/mol. The maximum Gasteiger partial charge on any atom is 0.337 e. The maximum absolute atomic E-state index is 13.6. The highest BCUT2D eigenvalue weighted by atomic mass is 16.5. The number of unbranched alkanes of at least 4 members (excludes halogenated alkanes) is 8. The lowest BCUT2D eigenvalue weighted by Crippen LogP contribution is -2.56. The molecule has 0 fully saturated rings. The van der Waals surface area contributed by atoms with Crippen LogP contribution in [0.4, 0.5) is 0 Å².